The average molecular weight is 354 g/mol. The molecule has 0 aliphatic carbocycles. The molecule has 0 aliphatic rings. The number of fused-ring (bicyclic) bond motifs is 1. The number of hydrogen-bond donors (Lipinski definition) is 2. The number of nitrogens with zero attached hydrogens (tertiary/aromatic N) is 1. The summed E-state index contributed by atoms with van der Waals surface area (Å²) >= 11 is 1.00. The summed E-state index contributed by atoms with van der Waals surface area (Å²) in [6.45, 7) is 0. The number of rotatable bonds is 3. The lowest BCUT2D eigenvalue weighted by molar-refractivity contribution is 0.0703. The Morgan fingerprint density at radius 1 is 1.24 bits per heavy atom. The van der Waals surface area contributed by atoms with E-state index in [1.807, 2.05) is 0 Å². The Hall–Kier alpha value is -3.19. The molecule has 4 aromatic rings. The van der Waals surface area contributed by atoms with E-state index in [1.54, 1.807) is 30.3 Å². The molecule has 0 aliphatic heterocycles. The molecule has 7 heteroatoms. The molecule has 0 amide bonds. The molecule has 1 aromatic carbocycles. The monoisotopic (exact) mass is 354 g/mol. The van der Waals surface area contributed by atoms with Gasteiger partial charge in [-0.1, -0.05) is 12.1 Å². The highest BCUT2D eigenvalue weighted by atomic mass is 32.1. The van der Waals surface area contributed by atoms with Gasteiger partial charge in [0.15, 0.2) is 5.76 Å². The summed E-state index contributed by atoms with van der Waals surface area (Å²) in [5.74, 6) is -0.913. The second kappa shape index (κ2) is 5.71. The molecular formula is C18H11FN2O3S. The summed E-state index contributed by atoms with van der Waals surface area (Å²) in [4.78, 5) is 16.4. The van der Waals surface area contributed by atoms with E-state index >= 15 is 0 Å². The number of furan rings is 1. The molecule has 0 fully saturated rings. The summed E-state index contributed by atoms with van der Waals surface area (Å²) in [5.41, 5.74) is 8.17. The lowest BCUT2D eigenvalue weighted by atomic mass is 10.0. The molecule has 0 saturated heterocycles. The minimum Gasteiger partial charge on any atom is -0.477 e. The van der Waals surface area contributed by atoms with Gasteiger partial charge in [0.1, 0.15) is 21.2 Å². The van der Waals surface area contributed by atoms with Crippen molar-refractivity contribution in [2.75, 3.05) is 5.73 Å². The Morgan fingerprint density at radius 3 is 2.64 bits per heavy atom. The van der Waals surface area contributed by atoms with Gasteiger partial charge in [-0.2, -0.15) is 0 Å². The maximum atomic E-state index is 13.3. The summed E-state index contributed by atoms with van der Waals surface area (Å²) < 4.78 is 18.7. The number of hydrogen-bond acceptors (Lipinski definition) is 5. The van der Waals surface area contributed by atoms with Gasteiger partial charge in [-0.05, 0) is 41.5 Å². The Balaban J connectivity index is 2.06. The van der Waals surface area contributed by atoms with Crippen LogP contribution in [0, 0.1) is 5.82 Å². The van der Waals surface area contributed by atoms with Crippen LogP contribution in [-0.4, -0.2) is 16.1 Å². The number of aromatic nitrogens is 1. The Kier molecular flexibility index (Phi) is 3.51. The molecule has 0 atom stereocenters. The molecule has 0 spiro atoms. The number of nitrogens with two attached hydrogens (primary N) is 1. The number of benzene rings is 1. The lowest BCUT2D eigenvalue weighted by Gasteiger charge is -2.07. The van der Waals surface area contributed by atoms with Crippen molar-refractivity contribution in [3.05, 3.63) is 59.4 Å². The van der Waals surface area contributed by atoms with Crippen molar-refractivity contribution in [2.24, 2.45) is 0 Å². The van der Waals surface area contributed by atoms with E-state index in [0.717, 1.165) is 11.3 Å². The molecule has 4 rings (SSSR count). The topological polar surface area (TPSA) is 89.4 Å². The van der Waals surface area contributed by atoms with Crippen LogP contribution in [0.2, 0.25) is 0 Å². The minimum atomic E-state index is -1.11. The number of carboxylic acid groups (broad SMARTS) is 1. The quantitative estimate of drug-likeness (QED) is 0.559. The number of pyridine rings is 1. The fraction of sp³-hybridized carbons (Fsp3) is 0. The van der Waals surface area contributed by atoms with Crippen LogP contribution < -0.4 is 5.73 Å². The van der Waals surface area contributed by atoms with Crippen LogP contribution in [0.5, 0.6) is 0 Å². The summed E-state index contributed by atoms with van der Waals surface area (Å²) in [6, 6.07) is 11.2. The van der Waals surface area contributed by atoms with E-state index in [2.05, 4.69) is 4.98 Å². The van der Waals surface area contributed by atoms with Crippen molar-refractivity contribution in [3.63, 3.8) is 0 Å². The van der Waals surface area contributed by atoms with Crippen LogP contribution in [0.15, 0.2) is 53.1 Å². The van der Waals surface area contributed by atoms with Crippen LogP contribution in [0.1, 0.15) is 9.67 Å². The molecule has 0 radical (unpaired) electrons. The van der Waals surface area contributed by atoms with E-state index in [4.69, 9.17) is 10.2 Å². The third kappa shape index (κ3) is 2.54. The van der Waals surface area contributed by atoms with Crippen LogP contribution in [0.4, 0.5) is 10.1 Å². The summed E-state index contributed by atoms with van der Waals surface area (Å²) in [5, 5.41) is 9.90. The van der Waals surface area contributed by atoms with Gasteiger partial charge in [-0.15, -0.1) is 11.3 Å². The summed E-state index contributed by atoms with van der Waals surface area (Å²) in [6.07, 6.45) is 1.53. The van der Waals surface area contributed by atoms with Gasteiger partial charge in [-0.3, -0.25) is 0 Å². The number of carboxylic acids is 1. The van der Waals surface area contributed by atoms with Crippen molar-refractivity contribution in [3.8, 4) is 22.6 Å². The van der Waals surface area contributed by atoms with Gasteiger partial charge < -0.3 is 15.3 Å². The number of nitrogen functional groups attached to an aromatic ring is 1. The Morgan fingerprint density at radius 2 is 2.00 bits per heavy atom. The van der Waals surface area contributed by atoms with Gasteiger partial charge in [0.2, 0.25) is 0 Å². The van der Waals surface area contributed by atoms with Crippen molar-refractivity contribution in [2.45, 2.75) is 0 Å². The molecule has 3 aromatic heterocycles. The molecule has 3 heterocycles. The van der Waals surface area contributed by atoms with Crippen LogP contribution in [0.3, 0.4) is 0 Å². The fourth-order valence-corrected chi connectivity index (χ4v) is 3.65. The van der Waals surface area contributed by atoms with Gasteiger partial charge >= 0.3 is 5.97 Å². The molecule has 124 valence electrons. The number of anilines is 1. The molecule has 0 saturated carbocycles. The highest BCUT2D eigenvalue weighted by Crippen LogP contribution is 2.41. The predicted molar refractivity (Wildman–Crippen MR) is 94.1 cm³/mol. The van der Waals surface area contributed by atoms with Crippen molar-refractivity contribution in [1.82, 2.24) is 4.98 Å². The van der Waals surface area contributed by atoms with Crippen molar-refractivity contribution < 1.29 is 18.7 Å². The van der Waals surface area contributed by atoms with Crippen LogP contribution in [0.25, 0.3) is 32.8 Å². The van der Waals surface area contributed by atoms with Gasteiger partial charge in [-0.25, -0.2) is 14.2 Å². The second-order valence-electron chi connectivity index (χ2n) is 5.37. The third-order valence-electron chi connectivity index (χ3n) is 3.82. The largest absolute Gasteiger partial charge is 0.477 e. The lowest BCUT2D eigenvalue weighted by Crippen LogP contribution is -1.97. The van der Waals surface area contributed by atoms with E-state index in [1.165, 1.54) is 18.4 Å². The molecule has 0 unspecified atom stereocenters. The van der Waals surface area contributed by atoms with E-state index in [9.17, 15) is 14.3 Å². The van der Waals surface area contributed by atoms with Gasteiger partial charge in [0.05, 0.1) is 12.0 Å². The number of halogens is 1. The smallest absolute Gasteiger partial charge is 0.348 e. The van der Waals surface area contributed by atoms with Gasteiger partial charge in [0.25, 0.3) is 0 Å². The standard InChI is InChI=1S/C18H11FN2O3S/c19-10-5-3-9(4-6-10)11-8-12(13-2-1-7-24-13)21-17-14(11)15(20)16(25-17)18(22)23/h1-8H,20H2,(H,22,23). The van der Waals surface area contributed by atoms with E-state index in [-0.39, 0.29) is 16.4 Å². The summed E-state index contributed by atoms with van der Waals surface area (Å²) in [7, 11) is 0. The number of thiophene rings is 1. The molecule has 25 heavy (non-hydrogen) atoms. The second-order valence-corrected chi connectivity index (χ2v) is 6.37. The zero-order valence-electron chi connectivity index (χ0n) is 12.7. The first-order valence-corrected chi connectivity index (χ1v) is 8.12. The molecule has 0 bridgehead atoms. The third-order valence-corrected chi connectivity index (χ3v) is 4.91. The Labute approximate surface area is 145 Å². The normalized spacial score (nSPS) is 11.1. The maximum Gasteiger partial charge on any atom is 0.348 e. The first-order valence-electron chi connectivity index (χ1n) is 7.30. The van der Waals surface area contributed by atoms with Crippen molar-refractivity contribution >= 4 is 33.2 Å². The Bertz CT molecular complexity index is 1090. The first kappa shape index (κ1) is 15.3. The van der Waals surface area contributed by atoms with Gasteiger partial charge in [0, 0.05) is 5.39 Å². The first-order chi connectivity index (χ1) is 12.0. The highest BCUT2D eigenvalue weighted by Gasteiger charge is 2.21. The molecule has 5 nitrogen and oxygen atoms in total. The highest BCUT2D eigenvalue weighted by molar-refractivity contribution is 7.21. The minimum absolute atomic E-state index is 0.0301. The van der Waals surface area contributed by atoms with E-state index < -0.39 is 5.97 Å². The zero-order valence-corrected chi connectivity index (χ0v) is 13.5. The molecule has 3 N–H and O–H groups in total. The average Bonchev–Trinajstić information content (AvgIpc) is 3.23. The van der Waals surface area contributed by atoms with E-state index in [0.29, 0.717) is 32.8 Å². The van der Waals surface area contributed by atoms with Crippen LogP contribution >= 0.6 is 11.3 Å². The van der Waals surface area contributed by atoms with Crippen molar-refractivity contribution in [1.29, 1.82) is 0 Å². The number of carbonyl (C=O) groups is 1. The fourth-order valence-electron chi connectivity index (χ4n) is 2.69. The zero-order chi connectivity index (χ0) is 17.6. The SMILES string of the molecule is Nc1c(C(=O)O)sc2nc(-c3ccco3)cc(-c3ccc(F)cc3)c12. The predicted octanol–water partition coefficient (Wildman–Crippen LogP) is 4.64. The van der Waals surface area contributed by atoms with Crippen LogP contribution in [-0.2, 0) is 0 Å². The maximum absolute atomic E-state index is 13.3. The number of aromatic carboxylic acids is 1. The molecular weight excluding hydrogens is 343 g/mol.